The van der Waals surface area contributed by atoms with Gasteiger partial charge in [0, 0.05) is 10.4 Å². The quantitative estimate of drug-likeness (QED) is 0.662. The van der Waals surface area contributed by atoms with Gasteiger partial charge in [-0.15, -0.1) is 22.9 Å². The molecule has 20 heavy (non-hydrogen) atoms. The predicted molar refractivity (Wildman–Crippen MR) is 76.2 cm³/mol. The van der Waals surface area contributed by atoms with Crippen LogP contribution >= 0.6 is 22.9 Å². The highest BCUT2D eigenvalue weighted by molar-refractivity contribution is 7.15. The average Bonchev–Trinajstić information content (AvgIpc) is 2.82. The van der Waals surface area contributed by atoms with Gasteiger partial charge >= 0.3 is 6.18 Å². The molecule has 0 fully saturated rings. The number of alkyl halides is 4. The first kappa shape index (κ1) is 15.3. The van der Waals surface area contributed by atoms with Crippen LogP contribution in [0.25, 0.3) is 10.6 Å². The molecule has 1 aromatic carbocycles. The number of aromatic nitrogens is 1. The Labute approximate surface area is 124 Å². The molecule has 0 aliphatic carbocycles. The number of benzene rings is 1. The molecule has 108 valence electrons. The van der Waals surface area contributed by atoms with Gasteiger partial charge in [-0.25, -0.2) is 4.98 Å². The largest absolute Gasteiger partial charge is 0.416 e. The third-order valence-electron chi connectivity index (χ3n) is 2.83. The van der Waals surface area contributed by atoms with Crippen molar-refractivity contribution in [1.29, 1.82) is 0 Å². The number of rotatable bonds is 3. The van der Waals surface area contributed by atoms with Gasteiger partial charge in [0.25, 0.3) is 0 Å². The Hall–Kier alpha value is -1.07. The molecule has 2 aromatic rings. The van der Waals surface area contributed by atoms with Gasteiger partial charge in [-0.1, -0.05) is 26.0 Å². The van der Waals surface area contributed by atoms with Crippen LogP contribution in [0, 0.1) is 0 Å². The number of thiazole rings is 1. The van der Waals surface area contributed by atoms with Crippen LogP contribution in [-0.4, -0.2) is 4.98 Å². The maximum absolute atomic E-state index is 12.7. The van der Waals surface area contributed by atoms with E-state index in [1.54, 1.807) is 6.07 Å². The van der Waals surface area contributed by atoms with Gasteiger partial charge in [-0.3, -0.25) is 0 Å². The molecule has 2 rings (SSSR count). The smallest absolute Gasteiger partial charge is 0.241 e. The van der Waals surface area contributed by atoms with Gasteiger partial charge in [0.05, 0.1) is 17.1 Å². The number of halogens is 4. The van der Waals surface area contributed by atoms with Crippen LogP contribution in [0.5, 0.6) is 0 Å². The standard InChI is InChI=1S/C14H13ClF3NS/c1-8(2)12-11(7-15)20-13(19-12)9-4-3-5-10(6-9)14(16,17)18/h3-6,8H,7H2,1-2H3. The Kier molecular flexibility index (Phi) is 4.39. The molecule has 0 bridgehead atoms. The van der Waals surface area contributed by atoms with Crippen LogP contribution in [0.4, 0.5) is 13.2 Å². The molecule has 1 heterocycles. The van der Waals surface area contributed by atoms with Crippen molar-refractivity contribution >= 4 is 22.9 Å². The van der Waals surface area contributed by atoms with Crippen molar-refractivity contribution in [1.82, 2.24) is 4.98 Å². The molecule has 0 saturated heterocycles. The summed E-state index contributed by atoms with van der Waals surface area (Å²) in [5, 5.41) is 0.579. The Balaban J connectivity index is 2.47. The van der Waals surface area contributed by atoms with E-state index >= 15 is 0 Å². The molecule has 0 N–H and O–H groups in total. The Morgan fingerprint density at radius 1 is 1.30 bits per heavy atom. The molecular formula is C14H13ClF3NS. The van der Waals surface area contributed by atoms with Crippen LogP contribution in [-0.2, 0) is 12.1 Å². The van der Waals surface area contributed by atoms with E-state index in [2.05, 4.69) is 4.98 Å². The minimum atomic E-state index is -4.34. The van der Waals surface area contributed by atoms with Crippen LogP contribution in [0.3, 0.4) is 0 Å². The van der Waals surface area contributed by atoms with Gasteiger partial charge < -0.3 is 0 Å². The Morgan fingerprint density at radius 2 is 2.00 bits per heavy atom. The molecule has 1 aromatic heterocycles. The van der Waals surface area contributed by atoms with Gasteiger partial charge in [-0.2, -0.15) is 13.2 Å². The minimum Gasteiger partial charge on any atom is -0.241 e. The van der Waals surface area contributed by atoms with Crippen LogP contribution in [0.2, 0.25) is 0 Å². The molecule has 0 radical (unpaired) electrons. The Bertz CT molecular complexity index is 605. The van der Waals surface area contributed by atoms with Crippen molar-refractivity contribution < 1.29 is 13.2 Å². The first-order chi connectivity index (χ1) is 9.32. The summed E-state index contributed by atoms with van der Waals surface area (Å²) in [6, 6.07) is 5.22. The summed E-state index contributed by atoms with van der Waals surface area (Å²) in [4.78, 5) is 5.35. The van der Waals surface area contributed by atoms with Crippen LogP contribution in [0.15, 0.2) is 24.3 Å². The molecule has 0 saturated carbocycles. The van der Waals surface area contributed by atoms with Crippen molar-refractivity contribution in [2.75, 3.05) is 0 Å². The fraction of sp³-hybridized carbons (Fsp3) is 0.357. The van der Waals surface area contributed by atoms with Gasteiger partial charge in [-0.05, 0) is 18.1 Å². The molecule has 0 amide bonds. The highest BCUT2D eigenvalue weighted by Crippen LogP contribution is 2.36. The summed E-state index contributed by atoms with van der Waals surface area (Å²) in [7, 11) is 0. The van der Waals surface area contributed by atoms with Crippen molar-refractivity contribution in [3.05, 3.63) is 40.4 Å². The molecule has 0 unspecified atom stereocenters. The highest BCUT2D eigenvalue weighted by Gasteiger charge is 2.30. The van der Waals surface area contributed by atoms with E-state index in [9.17, 15) is 13.2 Å². The summed E-state index contributed by atoms with van der Waals surface area (Å²) >= 11 is 7.22. The zero-order valence-corrected chi connectivity index (χ0v) is 12.5. The van der Waals surface area contributed by atoms with E-state index in [0.29, 0.717) is 16.5 Å². The SMILES string of the molecule is CC(C)c1nc(-c2cccc(C(F)(F)F)c2)sc1CCl. The molecule has 6 heteroatoms. The van der Waals surface area contributed by atoms with Gasteiger partial charge in [0.15, 0.2) is 0 Å². The zero-order valence-electron chi connectivity index (χ0n) is 11.0. The molecular weight excluding hydrogens is 307 g/mol. The average molecular weight is 320 g/mol. The zero-order chi connectivity index (χ0) is 14.9. The maximum Gasteiger partial charge on any atom is 0.416 e. The second-order valence-electron chi connectivity index (χ2n) is 4.69. The Morgan fingerprint density at radius 3 is 2.50 bits per heavy atom. The second-order valence-corrected chi connectivity index (χ2v) is 6.05. The fourth-order valence-corrected chi connectivity index (χ4v) is 3.23. The summed E-state index contributed by atoms with van der Waals surface area (Å²) in [5.41, 5.74) is 0.671. The lowest BCUT2D eigenvalue weighted by Gasteiger charge is -2.07. The van der Waals surface area contributed by atoms with E-state index in [-0.39, 0.29) is 5.92 Å². The van der Waals surface area contributed by atoms with E-state index < -0.39 is 11.7 Å². The van der Waals surface area contributed by atoms with Crippen LogP contribution in [0.1, 0.15) is 35.9 Å². The van der Waals surface area contributed by atoms with Crippen molar-refractivity contribution in [3.63, 3.8) is 0 Å². The lowest BCUT2D eigenvalue weighted by Crippen LogP contribution is -2.04. The van der Waals surface area contributed by atoms with Crippen molar-refractivity contribution in [2.24, 2.45) is 0 Å². The second kappa shape index (κ2) is 5.74. The molecule has 0 atom stereocenters. The van der Waals surface area contributed by atoms with Gasteiger partial charge in [0.1, 0.15) is 5.01 Å². The minimum absolute atomic E-state index is 0.194. The normalized spacial score (nSPS) is 12.2. The van der Waals surface area contributed by atoms with Crippen molar-refractivity contribution in [3.8, 4) is 10.6 Å². The third kappa shape index (κ3) is 3.15. The van der Waals surface area contributed by atoms with E-state index in [1.807, 2.05) is 13.8 Å². The number of hydrogen-bond acceptors (Lipinski definition) is 2. The first-order valence-electron chi connectivity index (χ1n) is 6.06. The van der Waals surface area contributed by atoms with E-state index in [0.717, 1.165) is 22.7 Å². The first-order valence-corrected chi connectivity index (χ1v) is 7.41. The summed E-state index contributed by atoms with van der Waals surface area (Å²) < 4.78 is 38.2. The van der Waals surface area contributed by atoms with Crippen LogP contribution < -0.4 is 0 Å². The highest BCUT2D eigenvalue weighted by atomic mass is 35.5. The summed E-state index contributed by atoms with van der Waals surface area (Å²) in [5.74, 6) is 0.518. The molecule has 0 aliphatic rings. The number of nitrogens with zero attached hydrogens (tertiary/aromatic N) is 1. The van der Waals surface area contributed by atoms with Crippen molar-refractivity contribution in [2.45, 2.75) is 31.8 Å². The number of hydrogen-bond donors (Lipinski definition) is 0. The lowest BCUT2D eigenvalue weighted by atomic mass is 10.1. The molecule has 0 spiro atoms. The topological polar surface area (TPSA) is 12.9 Å². The monoisotopic (exact) mass is 319 g/mol. The van der Waals surface area contributed by atoms with Gasteiger partial charge in [0.2, 0.25) is 0 Å². The predicted octanol–water partition coefficient (Wildman–Crippen LogP) is 5.69. The summed E-state index contributed by atoms with van der Waals surface area (Å²) in [6.07, 6.45) is -4.34. The van der Waals surface area contributed by atoms with E-state index in [1.165, 1.54) is 17.4 Å². The lowest BCUT2D eigenvalue weighted by molar-refractivity contribution is -0.137. The molecule has 1 nitrogen and oxygen atoms in total. The molecule has 0 aliphatic heterocycles. The maximum atomic E-state index is 12.7. The third-order valence-corrected chi connectivity index (χ3v) is 4.38. The fourth-order valence-electron chi connectivity index (χ4n) is 1.86. The summed E-state index contributed by atoms with van der Waals surface area (Å²) in [6.45, 7) is 3.97. The van der Waals surface area contributed by atoms with E-state index in [4.69, 9.17) is 11.6 Å².